The lowest BCUT2D eigenvalue weighted by Gasteiger charge is -2.08. The van der Waals surface area contributed by atoms with Crippen LogP contribution in [0.2, 0.25) is 0 Å². The highest BCUT2D eigenvalue weighted by atomic mass is 16.1. The molecule has 0 aromatic heterocycles. The summed E-state index contributed by atoms with van der Waals surface area (Å²) in [5.74, 6) is 0.483. The van der Waals surface area contributed by atoms with Crippen molar-refractivity contribution in [3.05, 3.63) is 35.4 Å². The predicted octanol–water partition coefficient (Wildman–Crippen LogP) is 0.846. The number of nitrogens with one attached hydrogen (secondary N) is 1. The van der Waals surface area contributed by atoms with E-state index in [0.717, 1.165) is 12.1 Å². The monoisotopic (exact) mass is 248 g/mol. The van der Waals surface area contributed by atoms with Crippen molar-refractivity contribution in [1.82, 2.24) is 5.32 Å². The van der Waals surface area contributed by atoms with E-state index in [-0.39, 0.29) is 0 Å². The standard InChI is InChI=1S/C13H20N4O/c1-9(2)7-16-13(15)17-8-10-4-3-5-11(6-10)12(14)18/h3-6,9H,7-8H2,1-2H3,(H2,14,18)(H3,15,16,17). The average Bonchev–Trinajstić information content (AvgIpc) is 2.34. The number of primary amides is 1. The fraction of sp³-hybridized carbons (Fsp3) is 0.385. The van der Waals surface area contributed by atoms with Gasteiger partial charge in [0.25, 0.3) is 0 Å². The smallest absolute Gasteiger partial charge is 0.248 e. The van der Waals surface area contributed by atoms with Crippen LogP contribution in [0.5, 0.6) is 0 Å². The zero-order chi connectivity index (χ0) is 13.5. The highest BCUT2D eigenvalue weighted by Gasteiger charge is 2.01. The van der Waals surface area contributed by atoms with E-state index in [4.69, 9.17) is 11.5 Å². The summed E-state index contributed by atoms with van der Waals surface area (Å²) in [6.07, 6.45) is 0. The molecule has 0 aliphatic carbocycles. The van der Waals surface area contributed by atoms with Crippen LogP contribution in [0.15, 0.2) is 29.3 Å². The minimum Gasteiger partial charge on any atom is -0.370 e. The fourth-order valence-corrected chi connectivity index (χ4v) is 1.36. The van der Waals surface area contributed by atoms with Gasteiger partial charge in [-0.25, -0.2) is 4.99 Å². The average molecular weight is 248 g/mol. The molecular formula is C13H20N4O. The van der Waals surface area contributed by atoms with Crippen molar-refractivity contribution < 1.29 is 4.79 Å². The molecule has 0 bridgehead atoms. The van der Waals surface area contributed by atoms with Crippen LogP contribution in [0.25, 0.3) is 0 Å². The van der Waals surface area contributed by atoms with E-state index in [2.05, 4.69) is 24.2 Å². The summed E-state index contributed by atoms with van der Waals surface area (Å²) in [7, 11) is 0. The molecule has 0 saturated heterocycles. The Morgan fingerprint density at radius 3 is 2.72 bits per heavy atom. The summed E-state index contributed by atoms with van der Waals surface area (Å²) in [6, 6.07) is 7.06. The SMILES string of the molecule is CC(C)CNC(N)=NCc1cccc(C(N)=O)c1. The first-order valence-electron chi connectivity index (χ1n) is 5.91. The number of hydrogen-bond acceptors (Lipinski definition) is 2. The number of nitrogens with two attached hydrogens (primary N) is 2. The highest BCUT2D eigenvalue weighted by Crippen LogP contribution is 2.05. The molecule has 5 nitrogen and oxygen atoms in total. The third-order valence-corrected chi connectivity index (χ3v) is 2.33. The largest absolute Gasteiger partial charge is 0.370 e. The van der Waals surface area contributed by atoms with Gasteiger partial charge in [-0.2, -0.15) is 0 Å². The van der Waals surface area contributed by atoms with E-state index < -0.39 is 5.91 Å². The molecule has 0 spiro atoms. The first-order chi connectivity index (χ1) is 8.49. The van der Waals surface area contributed by atoms with Crippen LogP contribution in [-0.4, -0.2) is 18.4 Å². The molecular weight excluding hydrogens is 228 g/mol. The summed E-state index contributed by atoms with van der Waals surface area (Å²) in [5, 5.41) is 3.03. The number of nitrogens with zero attached hydrogens (tertiary/aromatic N) is 1. The van der Waals surface area contributed by atoms with Crippen molar-refractivity contribution in [1.29, 1.82) is 0 Å². The van der Waals surface area contributed by atoms with Crippen molar-refractivity contribution in [3.63, 3.8) is 0 Å². The molecule has 1 aromatic rings. The van der Waals surface area contributed by atoms with Crippen molar-refractivity contribution in [2.24, 2.45) is 22.4 Å². The lowest BCUT2D eigenvalue weighted by atomic mass is 10.1. The van der Waals surface area contributed by atoms with E-state index in [1.165, 1.54) is 0 Å². The molecule has 5 N–H and O–H groups in total. The van der Waals surface area contributed by atoms with Gasteiger partial charge in [0.2, 0.25) is 5.91 Å². The minimum absolute atomic E-state index is 0.410. The van der Waals surface area contributed by atoms with Gasteiger partial charge in [0, 0.05) is 12.1 Å². The number of aliphatic imine (C=N–C) groups is 1. The van der Waals surface area contributed by atoms with Crippen LogP contribution < -0.4 is 16.8 Å². The first-order valence-corrected chi connectivity index (χ1v) is 5.91. The fourth-order valence-electron chi connectivity index (χ4n) is 1.36. The Labute approximate surface area is 107 Å². The molecule has 0 radical (unpaired) electrons. The van der Waals surface area contributed by atoms with Crippen molar-refractivity contribution in [2.75, 3.05) is 6.54 Å². The molecule has 0 fully saturated rings. The summed E-state index contributed by atoms with van der Waals surface area (Å²) >= 11 is 0. The molecule has 1 rings (SSSR count). The summed E-state index contributed by atoms with van der Waals surface area (Å²) in [4.78, 5) is 15.2. The van der Waals surface area contributed by atoms with Crippen LogP contribution >= 0.6 is 0 Å². The zero-order valence-corrected chi connectivity index (χ0v) is 10.8. The summed E-state index contributed by atoms with van der Waals surface area (Å²) in [6.45, 7) is 5.40. The number of benzene rings is 1. The van der Waals surface area contributed by atoms with E-state index in [1.54, 1.807) is 18.2 Å². The molecule has 0 aliphatic heterocycles. The van der Waals surface area contributed by atoms with Gasteiger partial charge in [-0.3, -0.25) is 4.79 Å². The molecule has 0 atom stereocenters. The second-order valence-electron chi connectivity index (χ2n) is 4.54. The van der Waals surface area contributed by atoms with E-state index in [0.29, 0.717) is 24.0 Å². The first kappa shape index (κ1) is 14.0. The molecule has 0 unspecified atom stereocenters. The quantitative estimate of drug-likeness (QED) is 0.532. The van der Waals surface area contributed by atoms with Crippen LogP contribution in [-0.2, 0) is 6.54 Å². The van der Waals surface area contributed by atoms with Crippen LogP contribution in [0.4, 0.5) is 0 Å². The number of carbonyl (C=O) groups excluding carboxylic acids is 1. The molecule has 98 valence electrons. The normalized spacial score (nSPS) is 11.6. The van der Waals surface area contributed by atoms with Crippen molar-refractivity contribution in [3.8, 4) is 0 Å². The Morgan fingerprint density at radius 1 is 1.39 bits per heavy atom. The number of carbonyl (C=O) groups is 1. The zero-order valence-electron chi connectivity index (χ0n) is 10.8. The van der Waals surface area contributed by atoms with Gasteiger partial charge in [0.15, 0.2) is 5.96 Å². The van der Waals surface area contributed by atoms with Crippen LogP contribution in [0, 0.1) is 5.92 Å². The highest BCUT2D eigenvalue weighted by molar-refractivity contribution is 5.92. The maximum absolute atomic E-state index is 11.0. The Kier molecular flexibility index (Phi) is 5.17. The van der Waals surface area contributed by atoms with Gasteiger partial charge >= 0.3 is 0 Å². The maximum Gasteiger partial charge on any atom is 0.248 e. The van der Waals surface area contributed by atoms with Gasteiger partial charge in [0.1, 0.15) is 0 Å². The third kappa shape index (κ3) is 4.86. The minimum atomic E-state index is -0.438. The lowest BCUT2D eigenvalue weighted by Crippen LogP contribution is -2.34. The van der Waals surface area contributed by atoms with Gasteiger partial charge in [0.05, 0.1) is 6.54 Å². The molecule has 18 heavy (non-hydrogen) atoms. The summed E-state index contributed by atoms with van der Waals surface area (Å²) in [5.41, 5.74) is 12.3. The van der Waals surface area contributed by atoms with Crippen molar-refractivity contribution in [2.45, 2.75) is 20.4 Å². The van der Waals surface area contributed by atoms with Crippen LogP contribution in [0.3, 0.4) is 0 Å². The Bertz CT molecular complexity index is 440. The molecule has 0 aliphatic rings. The van der Waals surface area contributed by atoms with E-state index in [9.17, 15) is 4.79 Å². The van der Waals surface area contributed by atoms with Crippen molar-refractivity contribution >= 4 is 11.9 Å². The van der Waals surface area contributed by atoms with Gasteiger partial charge in [-0.1, -0.05) is 26.0 Å². The Hall–Kier alpha value is -2.04. The number of hydrogen-bond donors (Lipinski definition) is 3. The second-order valence-corrected chi connectivity index (χ2v) is 4.54. The third-order valence-electron chi connectivity index (χ3n) is 2.33. The molecule has 5 heteroatoms. The number of rotatable bonds is 5. The lowest BCUT2D eigenvalue weighted by molar-refractivity contribution is 0.1000. The Morgan fingerprint density at radius 2 is 2.11 bits per heavy atom. The van der Waals surface area contributed by atoms with E-state index >= 15 is 0 Å². The van der Waals surface area contributed by atoms with Gasteiger partial charge in [-0.05, 0) is 23.6 Å². The molecule has 0 heterocycles. The van der Waals surface area contributed by atoms with Gasteiger partial charge < -0.3 is 16.8 Å². The van der Waals surface area contributed by atoms with E-state index in [1.807, 2.05) is 6.07 Å². The molecule has 1 amide bonds. The Balaban J connectivity index is 2.59. The molecule has 0 saturated carbocycles. The topological polar surface area (TPSA) is 93.5 Å². The summed E-state index contributed by atoms with van der Waals surface area (Å²) < 4.78 is 0. The predicted molar refractivity (Wildman–Crippen MR) is 73.1 cm³/mol. The van der Waals surface area contributed by atoms with Crippen LogP contribution in [0.1, 0.15) is 29.8 Å². The maximum atomic E-state index is 11.0. The number of amides is 1. The van der Waals surface area contributed by atoms with Gasteiger partial charge in [-0.15, -0.1) is 0 Å². The second kappa shape index (κ2) is 6.64. The molecule has 1 aromatic carbocycles. The number of guanidine groups is 1.